The summed E-state index contributed by atoms with van der Waals surface area (Å²) in [7, 11) is 4.16. The molecule has 2 aliphatic rings. The molecule has 0 aliphatic carbocycles. The SMILES string of the molecule is CN(CCC1CCCCN1C)C(=O)[C@@H]1CCCN1. The van der Waals surface area contributed by atoms with Gasteiger partial charge >= 0.3 is 0 Å². The number of rotatable bonds is 4. The number of carbonyl (C=O) groups is 1. The number of amides is 1. The molecule has 0 aromatic heterocycles. The maximum atomic E-state index is 12.1. The average Bonchev–Trinajstić information content (AvgIpc) is 2.90. The first-order chi connectivity index (χ1) is 8.68. The molecular formula is C14H27N3O. The van der Waals surface area contributed by atoms with Gasteiger partial charge in [0, 0.05) is 19.6 Å². The molecule has 18 heavy (non-hydrogen) atoms. The Morgan fingerprint density at radius 3 is 2.83 bits per heavy atom. The van der Waals surface area contributed by atoms with Gasteiger partial charge in [-0.1, -0.05) is 6.42 Å². The molecule has 2 saturated heterocycles. The average molecular weight is 253 g/mol. The Hall–Kier alpha value is -0.610. The van der Waals surface area contributed by atoms with E-state index in [0.717, 1.165) is 32.4 Å². The van der Waals surface area contributed by atoms with E-state index in [1.54, 1.807) is 0 Å². The number of likely N-dealkylation sites (tertiary alicyclic amines) is 1. The number of nitrogens with one attached hydrogen (secondary N) is 1. The van der Waals surface area contributed by atoms with E-state index in [2.05, 4.69) is 17.3 Å². The van der Waals surface area contributed by atoms with Gasteiger partial charge in [0.05, 0.1) is 6.04 Å². The smallest absolute Gasteiger partial charge is 0.239 e. The number of piperidine rings is 1. The van der Waals surface area contributed by atoms with E-state index in [1.807, 2.05) is 11.9 Å². The third kappa shape index (κ3) is 3.45. The number of hydrogen-bond donors (Lipinski definition) is 1. The molecule has 1 unspecified atom stereocenters. The van der Waals surface area contributed by atoms with Gasteiger partial charge in [-0.15, -0.1) is 0 Å². The van der Waals surface area contributed by atoms with Crippen LogP contribution in [0.25, 0.3) is 0 Å². The molecule has 2 fully saturated rings. The molecule has 4 heteroatoms. The highest BCUT2D eigenvalue weighted by atomic mass is 16.2. The highest BCUT2D eigenvalue weighted by molar-refractivity contribution is 5.81. The van der Waals surface area contributed by atoms with Gasteiger partial charge in [0.2, 0.25) is 5.91 Å². The van der Waals surface area contributed by atoms with E-state index in [0.29, 0.717) is 6.04 Å². The van der Waals surface area contributed by atoms with Crippen molar-refractivity contribution in [2.75, 3.05) is 33.7 Å². The van der Waals surface area contributed by atoms with Crippen LogP contribution in [-0.2, 0) is 4.79 Å². The van der Waals surface area contributed by atoms with Gasteiger partial charge in [0.1, 0.15) is 0 Å². The highest BCUT2D eigenvalue weighted by Gasteiger charge is 2.26. The van der Waals surface area contributed by atoms with Crippen LogP contribution in [0.4, 0.5) is 0 Å². The van der Waals surface area contributed by atoms with Crippen LogP contribution in [0.15, 0.2) is 0 Å². The van der Waals surface area contributed by atoms with Crippen LogP contribution in [0.2, 0.25) is 0 Å². The summed E-state index contributed by atoms with van der Waals surface area (Å²) in [5.41, 5.74) is 0. The predicted molar refractivity (Wildman–Crippen MR) is 73.5 cm³/mol. The van der Waals surface area contributed by atoms with Gasteiger partial charge < -0.3 is 15.1 Å². The molecule has 2 rings (SSSR count). The summed E-state index contributed by atoms with van der Waals surface area (Å²) in [4.78, 5) is 16.5. The van der Waals surface area contributed by atoms with Gasteiger partial charge in [-0.3, -0.25) is 4.79 Å². The molecule has 2 heterocycles. The minimum atomic E-state index is 0.0825. The van der Waals surface area contributed by atoms with Gasteiger partial charge in [-0.25, -0.2) is 0 Å². The standard InChI is InChI=1S/C14H27N3O/c1-16-10-4-3-6-12(16)8-11-17(2)14(18)13-7-5-9-15-13/h12-13,15H,3-11H2,1-2H3/t12?,13-/m0/s1. The van der Waals surface area contributed by atoms with E-state index in [4.69, 9.17) is 0 Å². The minimum Gasteiger partial charge on any atom is -0.344 e. The van der Waals surface area contributed by atoms with Crippen LogP contribution in [0.1, 0.15) is 38.5 Å². The predicted octanol–water partition coefficient (Wildman–Crippen LogP) is 1.07. The minimum absolute atomic E-state index is 0.0825. The highest BCUT2D eigenvalue weighted by Crippen LogP contribution is 2.18. The molecule has 0 spiro atoms. The van der Waals surface area contributed by atoms with Crippen molar-refractivity contribution in [2.45, 2.75) is 50.6 Å². The van der Waals surface area contributed by atoms with Crippen molar-refractivity contribution in [3.8, 4) is 0 Å². The zero-order valence-electron chi connectivity index (χ0n) is 11.8. The summed E-state index contributed by atoms with van der Waals surface area (Å²) in [5.74, 6) is 0.283. The molecule has 0 aromatic carbocycles. The number of likely N-dealkylation sites (N-methyl/N-ethyl adjacent to an activating group) is 1. The lowest BCUT2D eigenvalue weighted by atomic mass is 10.00. The van der Waals surface area contributed by atoms with Crippen LogP contribution in [0.3, 0.4) is 0 Å². The van der Waals surface area contributed by atoms with Crippen LogP contribution >= 0.6 is 0 Å². The Labute approximate surface area is 111 Å². The van der Waals surface area contributed by atoms with E-state index >= 15 is 0 Å². The Morgan fingerprint density at radius 1 is 1.33 bits per heavy atom. The Kier molecular flexibility index (Phi) is 5.01. The Bertz CT molecular complexity index is 276. The van der Waals surface area contributed by atoms with Crippen LogP contribution < -0.4 is 5.32 Å². The normalized spacial score (nSPS) is 29.4. The van der Waals surface area contributed by atoms with Crippen LogP contribution in [0, 0.1) is 0 Å². The summed E-state index contributed by atoms with van der Waals surface area (Å²) in [5, 5.41) is 3.28. The fraction of sp³-hybridized carbons (Fsp3) is 0.929. The molecule has 2 aliphatic heterocycles. The third-order valence-electron chi connectivity index (χ3n) is 4.45. The molecule has 4 nitrogen and oxygen atoms in total. The van der Waals surface area contributed by atoms with Crippen molar-refractivity contribution in [3.05, 3.63) is 0 Å². The van der Waals surface area contributed by atoms with E-state index in [-0.39, 0.29) is 11.9 Å². The summed E-state index contributed by atoms with van der Waals surface area (Å²) < 4.78 is 0. The lowest BCUT2D eigenvalue weighted by Gasteiger charge is -2.33. The van der Waals surface area contributed by atoms with Crippen molar-refractivity contribution >= 4 is 5.91 Å². The zero-order chi connectivity index (χ0) is 13.0. The van der Waals surface area contributed by atoms with Gasteiger partial charge in [0.25, 0.3) is 0 Å². The number of carbonyl (C=O) groups excluding carboxylic acids is 1. The van der Waals surface area contributed by atoms with Crippen molar-refractivity contribution in [2.24, 2.45) is 0 Å². The van der Waals surface area contributed by atoms with Gasteiger partial charge in [-0.05, 0) is 52.2 Å². The second kappa shape index (κ2) is 6.53. The van der Waals surface area contributed by atoms with E-state index in [1.165, 1.54) is 25.8 Å². The number of hydrogen-bond acceptors (Lipinski definition) is 3. The first kappa shape index (κ1) is 13.8. The summed E-state index contributed by atoms with van der Waals surface area (Å²) >= 11 is 0. The maximum Gasteiger partial charge on any atom is 0.239 e. The Morgan fingerprint density at radius 2 is 2.17 bits per heavy atom. The second-order valence-electron chi connectivity index (χ2n) is 5.83. The first-order valence-electron chi connectivity index (χ1n) is 7.37. The molecule has 0 radical (unpaired) electrons. The molecule has 0 aromatic rings. The van der Waals surface area contributed by atoms with E-state index in [9.17, 15) is 4.79 Å². The number of nitrogens with zero attached hydrogens (tertiary/aromatic N) is 2. The van der Waals surface area contributed by atoms with Crippen molar-refractivity contribution in [1.29, 1.82) is 0 Å². The van der Waals surface area contributed by atoms with Gasteiger partial charge in [-0.2, -0.15) is 0 Å². The van der Waals surface area contributed by atoms with Gasteiger partial charge in [0.15, 0.2) is 0 Å². The zero-order valence-corrected chi connectivity index (χ0v) is 11.8. The largest absolute Gasteiger partial charge is 0.344 e. The fourth-order valence-corrected chi connectivity index (χ4v) is 3.12. The van der Waals surface area contributed by atoms with Crippen LogP contribution in [0.5, 0.6) is 0 Å². The molecule has 1 N–H and O–H groups in total. The first-order valence-corrected chi connectivity index (χ1v) is 7.37. The molecule has 0 saturated carbocycles. The summed E-state index contributed by atoms with van der Waals surface area (Å²) in [6.45, 7) is 3.11. The molecule has 104 valence electrons. The van der Waals surface area contributed by atoms with Crippen molar-refractivity contribution < 1.29 is 4.79 Å². The quantitative estimate of drug-likeness (QED) is 0.814. The summed E-state index contributed by atoms with van der Waals surface area (Å²) in [6, 6.07) is 0.754. The topological polar surface area (TPSA) is 35.6 Å². The molecule has 1 amide bonds. The third-order valence-corrected chi connectivity index (χ3v) is 4.45. The monoisotopic (exact) mass is 253 g/mol. The Balaban J connectivity index is 1.73. The molecule has 2 atom stereocenters. The van der Waals surface area contributed by atoms with Crippen LogP contribution in [-0.4, -0.2) is 61.5 Å². The van der Waals surface area contributed by atoms with Crippen molar-refractivity contribution in [3.63, 3.8) is 0 Å². The lowest BCUT2D eigenvalue weighted by molar-refractivity contribution is -0.131. The van der Waals surface area contributed by atoms with E-state index < -0.39 is 0 Å². The molecular weight excluding hydrogens is 226 g/mol. The fourth-order valence-electron chi connectivity index (χ4n) is 3.12. The maximum absolute atomic E-state index is 12.1. The molecule has 0 bridgehead atoms. The lowest BCUT2D eigenvalue weighted by Crippen LogP contribution is -2.44. The summed E-state index contributed by atoms with van der Waals surface area (Å²) in [6.07, 6.45) is 7.22. The second-order valence-corrected chi connectivity index (χ2v) is 5.83. The van der Waals surface area contributed by atoms with Crippen molar-refractivity contribution in [1.82, 2.24) is 15.1 Å².